The Balaban J connectivity index is 2.42. The number of carbonyl (C=O) groups is 1. The quantitative estimate of drug-likeness (QED) is 0.621. The maximum atomic E-state index is 13.5. The Labute approximate surface area is 106 Å². The Hall–Kier alpha value is -0.850. The molecule has 17 heavy (non-hydrogen) atoms. The van der Waals surface area contributed by atoms with Gasteiger partial charge in [0.15, 0.2) is 0 Å². The highest BCUT2D eigenvalue weighted by molar-refractivity contribution is 8.12. The van der Waals surface area contributed by atoms with Gasteiger partial charge >= 0.3 is 9.24 Å². The van der Waals surface area contributed by atoms with Crippen LogP contribution in [0, 0.1) is 5.82 Å². The first kappa shape index (κ1) is 12.6. The smallest absolute Gasteiger partial charge is 0.274 e. The summed E-state index contributed by atoms with van der Waals surface area (Å²) >= 11 is 5.69. The molecule has 8 heteroatoms. The van der Waals surface area contributed by atoms with E-state index >= 15 is 0 Å². The minimum absolute atomic E-state index is 0.0429. The summed E-state index contributed by atoms with van der Waals surface area (Å²) < 4.78 is 36.2. The summed E-state index contributed by atoms with van der Waals surface area (Å²) in [5, 5.41) is 0.257. The van der Waals surface area contributed by atoms with E-state index in [1.807, 2.05) is 0 Å². The minimum atomic E-state index is -4.20. The summed E-state index contributed by atoms with van der Waals surface area (Å²) in [4.78, 5) is 11.2. The fraction of sp³-hybridized carbons (Fsp3) is 0.222. The maximum Gasteiger partial charge on any atom is 0.324 e. The normalized spacial score (nSPS) is 20.3. The molecule has 92 valence electrons. The summed E-state index contributed by atoms with van der Waals surface area (Å²) in [6.45, 7) is 0. The molecule has 1 saturated heterocycles. The van der Waals surface area contributed by atoms with Crippen LogP contribution in [0.1, 0.15) is 18.0 Å². The molecule has 0 aromatic heterocycles. The van der Waals surface area contributed by atoms with E-state index in [0.717, 1.165) is 6.07 Å². The standard InChI is InChI=1S/C9H6Cl2FNO3S/c10-5-1-2-7(12)6(3-5)8-4-9(14)13(8)17(11,15)16/h1-3,8H,4H2. The third kappa shape index (κ3) is 2.25. The zero-order valence-corrected chi connectivity index (χ0v) is 10.6. The van der Waals surface area contributed by atoms with Gasteiger partial charge in [0.25, 0.3) is 0 Å². The highest BCUT2D eigenvalue weighted by Gasteiger charge is 2.45. The lowest BCUT2D eigenvalue weighted by Gasteiger charge is -2.37. The fourth-order valence-corrected chi connectivity index (χ4v) is 3.19. The topological polar surface area (TPSA) is 54.5 Å². The Kier molecular flexibility index (Phi) is 3.05. The van der Waals surface area contributed by atoms with E-state index in [1.165, 1.54) is 12.1 Å². The van der Waals surface area contributed by atoms with Gasteiger partial charge < -0.3 is 0 Å². The molecule has 4 nitrogen and oxygen atoms in total. The van der Waals surface area contributed by atoms with Gasteiger partial charge in [-0.25, -0.2) is 8.70 Å². The van der Waals surface area contributed by atoms with E-state index in [4.69, 9.17) is 22.3 Å². The SMILES string of the molecule is O=C1CC(c2cc(Cl)ccc2F)N1S(=O)(=O)Cl. The Morgan fingerprint density at radius 2 is 2.06 bits per heavy atom. The maximum absolute atomic E-state index is 13.5. The third-order valence-electron chi connectivity index (χ3n) is 2.45. The summed E-state index contributed by atoms with van der Waals surface area (Å²) in [5.41, 5.74) is 0.0429. The van der Waals surface area contributed by atoms with Crippen LogP contribution in [0.25, 0.3) is 0 Å². The Morgan fingerprint density at radius 3 is 2.59 bits per heavy atom. The number of hydrogen-bond acceptors (Lipinski definition) is 3. The number of benzene rings is 1. The Morgan fingerprint density at radius 1 is 1.41 bits per heavy atom. The minimum Gasteiger partial charge on any atom is -0.274 e. The zero-order valence-electron chi connectivity index (χ0n) is 8.23. The molecule has 1 atom stereocenters. The molecule has 0 aliphatic carbocycles. The molecule has 2 rings (SSSR count). The van der Waals surface area contributed by atoms with Gasteiger partial charge in [-0.05, 0) is 18.2 Å². The van der Waals surface area contributed by atoms with E-state index in [0.29, 0.717) is 4.31 Å². The van der Waals surface area contributed by atoms with Gasteiger partial charge in [0.1, 0.15) is 5.82 Å². The number of hydrogen-bond donors (Lipinski definition) is 0. The summed E-state index contributed by atoms with van der Waals surface area (Å²) in [7, 11) is 0.893. The van der Waals surface area contributed by atoms with E-state index in [9.17, 15) is 17.6 Å². The molecular formula is C9H6Cl2FNO3S. The zero-order chi connectivity index (χ0) is 12.8. The molecule has 0 N–H and O–H groups in total. The molecular weight excluding hydrogens is 292 g/mol. The highest BCUT2D eigenvalue weighted by Crippen LogP contribution is 2.39. The fourth-order valence-electron chi connectivity index (χ4n) is 1.68. The highest BCUT2D eigenvalue weighted by atomic mass is 35.7. The van der Waals surface area contributed by atoms with Crippen LogP contribution in [0.5, 0.6) is 0 Å². The predicted octanol–water partition coefficient (Wildman–Crippen LogP) is 2.24. The molecule has 1 aliphatic rings. The third-order valence-corrected chi connectivity index (χ3v) is 4.06. The molecule has 1 heterocycles. The first-order valence-corrected chi connectivity index (χ1v) is 7.17. The predicted molar refractivity (Wildman–Crippen MR) is 60.4 cm³/mol. The van der Waals surface area contributed by atoms with Gasteiger partial charge in [0.05, 0.1) is 12.5 Å². The van der Waals surface area contributed by atoms with Crippen LogP contribution < -0.4 is 0 Å². The second-order valence-corrected chi connectivity index (χ2v) is 6.34. The molecule has 0 radical (unpaired) electrons. The second kappa shape index (κ2) is 4.12. The van der Waals surface area contributed by atoms with Crippen molar-refractivity contribution in [1.82, 2.24) is 4.31 Å². The van der Waals surface area contributed by atoms with Gasteiger partial charge in [-0.1, -0.05) is 11.6 Å². The number of halogens is 3. The van der Waals surface area contributed by atoms with Crippen LogP contribution in [0.2, 0.25) is 5.02 Å². The molecule has 1 aliphatic heterocycles. The lowest BCUT2D eigenvalue weighted by Crippen LogP contribution is -2.48. The van der Waals surface area contributed by atoms with Crippen molar-refractivity contribution in [1.29, 1.82) is 0 Å². The summed E-state index contributed by atoms with van der Waals surface area (Å²) in [6, 6.07) is 2.81. The van der Waals surface area contributed by atoms with Crippen molar-refractivity contribution in [2.45, 2.75) is 12.5 Å². The van der Waals surface area contributed by atoms with E-state index < -0.39 is 27.0 Å². The van der Waals surface area contributed by atoms with Crippen LogP contribution in [0.15, 0.2) is 18.2 Å². The van der Waals surface area contributed by atoms with Crippen molar-refractivity contribution in [3.63, 3.8) is 0 Å². The first-order chi connectivity index (χ1) is 7.80. The summed E-state index contributed by atoms with van der Waals surface area (Å²) in [6.07, 6.45) is -0.108. The molecule has 1 aromatic rings. The largest absolute Gasteiger partial charge is 0.324 e. The lowest BCUT2D eigenvalue weighted by molar-refractivity contribution is -0.137. The van der Waals surface area contributed by atoms with Crippen molar-refractivity contribution >= 4 is 37.4 Å². The van der Waals surface area contributed by atoms with E-state index in [-0.39, 0.29) is 17.0 Å². The van der Waals surface area contributed by atoms with Crippen LogP contribution >= 0.6 is 22.3 Å². The average molecular weight is 298 g/mol. The van der Waals surface area contributed by atoms with E-state index in [2.05, 4.69) is 0 Å². The molecule has 1 fully saturated rings. The van der Waals surface area contributed by atoms with Crippen molar-refractivity contribution in [3.8, 4) is 0 Å². The van der Waals surface area contributed by atoms with Crippen molar-refractivity contribution in [3.05, 3.63) is 34.6 Å². The lowest BCUT2D eigenvalue weighted by atomic mass is 9.97. The number of nitrogens with zero attached hydrogens (tertiary/aromatic N) is 1. The number of β-lactam (4-membered cyclic amide) rings is 1. The molecule has 1 amide bonds. The van der Waals surface area contributed by atoms with Gasteiger partial charge in [0, 0.05) is 21.3 Å². The number of rotatable bonds is 2. The van der Waals surface area contributed by atoms with Gasteiger partial charge in [-0.2, -0.15) is 8.42 Å². The van der Waals surface area contributed by atoms with Crippen LogP contribution in [0.3, 0.4) is 0 Å². The molecule has 0 spiro atoms. The molecule has 0 saturated carbocycles. The summed E-state index contributed by atoms with van der Waals surface area (Å²) in [5.74, 6) is -1.29. The van der Waals surface area contributed by atoms with Gasteiger partial charge in [-0.15, -0.1) is 0 Å². The monoisotopic (exact) mass is 297 g/mol. The van der Waals surface area contributed by atoms with E-state index in [1.54, 1.807) is 0 Å². The first-order valence-electron chi connectivity index (χ1n) is 4.52. The number of carbonyl (C=O) groups excluding carboxylic acids is 1. The van der Waals surface area contributed by atoms with Gasteiger partial charge in [-0.3, -0.25) is 4.79 Å². The van der Waals surface area contributed by atoms with Crippen LogP contribution in [-0.2, 0) is 14.0 Å². The average Bonchev–Trinajstić information content (AvgIpc) is 2.15. The van der Waals surface area contributed by atoms with Crippen LogP contribution in [0.4, 0.5) is 4.39 Å². The molecule has 1 aromatic carbocycles. The van der Waals surface area contributed by atoms with Crippen molar-refractivity contribution in [2.75, 3.05) is 0 Å². The number of amides is 1. The van der Waals surface area contributed by atoms with Gasteiger partial charge in [0.2, 0.25) is 5.91 Å². The van der Waals surface area contributed by atoms with Crippen molar-refractivity contribution in [2.24, 2.45) is 0 Å². The molecule has 1 unspecified atom stereocenters. The Bertz CT molecular complexity index is 590. The molecule has 0 bridgehead atoms. The second-order valence-electron chi connectivity index (χ2n) is 3.52. The van der Waals surface area contributed by atoms with Crippen LogP contribution in [-0.4, -0.2) is 18.6 Å². The van der Waals surface area contributed by atoms with Crippen molar-refractivity contribution < 1.29 is 17.6 Å².